The molecule has 0 rings (SSSR count). The molecule has 430 valence electrons. The Labute approximate surface area is 549 Å². The second-order valence-electron chi connectivity index (χ2n) is 21.9. The van der Waals surface area contributed by atoms with Gasteiger partial charge in [-0.2, -0.15) is 0 Å². The molecule has 0 fully saturated rings. The summed E-state index contributed by atoms with van der Waals surface area (Å²) >= 11 is 0. The van der Waals surface area contributed by atoms with Gasteiger partial charge in [-0.1, -0.05) is 329 Å². The van der Waals surface area contributed by atoms with Crippen LogP contribution in [0.1, 0.15) is 387 Å². The average Bonchev–Trinajstić information content (AvgIpc) is 3.37. The molecule has 0 aromatic rings. The molecule has 0 aliphatic carbocycles. The van der Waals surface area contributed by atoms with Gasteiger partial charge in [0.15, 0.2) is 0 Å². The number of rotatable bonds is 58. The van der Waals surface area contributed by atoms with Crippen LogP contribution in [0.5, 0.6) is 0 Å². The van der Waals surface area contributed by atoms with Gasteiger partial charge in [0.25, 0.3) is 0 Å². The van der Waals surface area contributed by atoms with Gasteiger partial charge in [-0.05, 0) is 64.2 Å². The van der Waals surface area contributed by atoms with Gasteiger partial charge in [0.1, 0.15) is 0 Å². The largest absolute Gasteiger partial charge is 1.00 e. The molecule has 0 aliphatic heterocycles. The van der Waals surface area contributed by atoms with Crippen LogP contribution in [0.3, 0.4) is 0 Å². The van der Waals surface area contributed by atoms with E-state index in [0.717, 1.165) is 44.9 Å². The first-order valence-electron chi connectivity index (χ1n) is 32.6. The molecule has 0 aromatic heterocycles. The summed E-state index contributed by atoms with van der Waals surface area (Å²) in [4.78, 5) is 32.3. The fraction of sp³-hybridized carbons (Fsp3) is 0.924. The van der Waals surface area contributed by atoms with Gasteiger partial charge in [0, 0.05) is 18.4 Å². The predicted molar refractivity (Wildman–Crippen MR) is 311 cm³/mol. The Morgan fingerprint density at radius 1 is 0.270 bits per heavy atom. The first-order valence-corrected chi connectivity index (χ1v) is 32.6. The fourth-order valence-electron chi connectivity index (χ4n) is 9.47. The summed E-state index contributed by atoms with van der Waals surface area (Å²) in [6.07, 6.45) is 75.0. The first kappa shape index (κ1) is 84.2. The van der Waals surface area contributed by atoms with Crippen LogP contribution in [0.4, 0.5) is 0 Å². The first-order chi connectivity index (χ1) is 35.3. The van der Waals surface area contributed by atoms with Gasteiger partial charge in [-0.15, -0.1) is 0 Å². The molecular formula is C66H128K2O6. The third-order valence-corrected chi connectivity index (χ3v) is 14.4. The summed E-state index contributed by atoms with van der Waals surface area (Å²) in [5, 5.41) is 20.4. The van der Waals surface area contributed by atoms with Crippen LogP contribution < -0.4 is 113 Å². The summed E-state index contributed by atoms with van der Waals surface area (Å²) in [5.74, 6) is -1.79. The van der Waals surface area contributed by atoms with Crippen molar-refractivity contribution in [3.8, 4) is 0 Å². The Morgan fingerprint density at radius 2 is 0.459 bits per heavy atom. The number of carboxylic acids is 2. The van der Waals surface area contributed by atoms with Gasteiger partial charge in [-0.3, -0.25) is 4.79 Å². The molecule has 0 bridgehead atoms. The Hall–Kier alpha value is 1.42. The van der Waals surface area contributed by atoms with Crippen molar-refractivity contribution >= 4 is 17.9 Å². The van der Waals surface area contributed by atoms with E-state index in [9.17, 15) is 24.6 Å². The smallest absolute Gasteiger partial charge is 0.550 e. The van der Waals surface area contributed by atoms with Gasteiger partial charge in [0.2, 0.25) is 0 Å². The summed E-state index contributed by atoms with van der Waals surface area (Å²) in [6, 6.07) is 0. The van der Waals surface area contributed by atoms with Crippen molar-refractivity contribution < 1.29 is 132 Å². The number of esters is 1. The topological polar surface area (TPSA) is 107 Å². The van der Waals surface area contributed by atoms with Crippen LogP contribution in [-0.2, 0) is 19.1 Å². The molecule has 0 aliphatic rings. The van der Waals surface area contributed by atoms with E-state index in [1.54, 1.807) is 0 Å². The van der Waals surface area contributed by atoms with Gasteiger partial charge >= 0.3 is 109 Å². The van der Waals surface area contributed by atoms with Crippen LogP contribution in [0.15, 0.2) is 12.2 Å². The summed E-state index contributed by atoms with van der Waals surface area (Å²) in [5.41, 5.74) is 0. The standard InChI is InChI=1S/C34H66O2.2C16H32O2.2K/c1-3-5-7-9-11-13-15-17-19-20-22-24-26-28-30-32-34(35)36-33-31-29-27-25-23-21-18-16-14-12-10-8-6-4-2;2*1-2-3-4-5-6-7-8-9-10-11-12-13-14-15-16(17)18;;/h17,19H,3-16,18,20-33H2,1-2H3;2*2-15H2,1H3,(H,17,18);;/q;;;2*+1/p-2/b19-17-;;;;. The van der Waals surface area contributed by atoms with E-state index >= 15 is 0 Å². The number of aliphatic carboxylic acids is 2. The fourth-order valence-corrected chi connectivity index (χ4v) is 9.47. The number of carbonyl (C=O) groups excluding carboxylic acids is 3. The zero-order chi connectivity index (χ0) is 53.2. The minimum absolute atomic E-state index is 0. The Bertz CT molecular complexity index is 1010. The molecule has 0 radical (unpaired) electrons. The van der Waals surface area contributed by atoms with Crippen LogP contribution in [0, 0.1) is 0 Å². The van der Waals surface area contributed by atoms with E-state index in [1.807, 2.05) is 0 Å². The predicted octanol–water partition coefficient (Wildman–Crippen LogP) is 14.5. The third-order valence-electron chi connectivity index (χ3n) is 14.4. The van der Waals surface area contributed by atoms with E-state index in [0.29, 0.717) is 13.0 Å². The second-order valence-corrected chi connectivity index (χ2v) is 21.9. The molecule has 0 N–H and O–H groups in total. The van der Waals surface area contributed by atoms with Crippen molar-refractivity contribution in [2.75, 3.05) is 6.61 Å². The van der Waals surface area contributed by atoms with Crippen molar-refractivity contribution in [1.29, 1.82) is 0 Å². The van der Waals surface area contributed by atoms with Crippen LogP contribution in [-0.4, -0.2) is 24.5 Å². The molecule has 0 spiro atoms. The second kappa shape index (κ2) is 80.9. The van der Waals surface area contributed by atoms with Gasteiger partial charge in [0.05, 0.1) is 6.61 Å². The molecule has 0 amide bonds. The monoisotopic (exact) mass is 1090 g/mol. The molecular weight excluding hydrogens is 967 g/mol. The quantitative estimate of drug-likeness (QED) is 0.0260. The molecule has 0 aromatic carbocycles. The van der Waals surface area contributed by atoms with Gasteiger partial charge in [-0.25, -0.2) is 0 Å². The third kappa shape index (κ3) is 90.0. The molecule has 0 atom stereocenters. The SMILES string of the molecule is CCCCCCCC/C=C\CCCCCCCC(=O)OCCCCCCCCCCCCCCCC.CCCCCCCCCCCCCCCC(=O)[O-].CCCCCCCCCCCCCCCC(=O)[O-].[K+].[K+]. The summed E-state index contributed by atoms with van der Waals surface area (Å²) in [6.45, 7) is 9.70. The molecule has 74 heavy (non-hydrogen) atoms. The van der Waals surface area contributed by atoms with E-state index in [-0.39, 0.29) is 122 Å². The Balaban J connectivity index is -0.000000351. The maximum absolute atomic E-state index is 11.9. The number of unbranched alkanes of at least 4 members (excludes halogenated alkanes) is 48. The van der Waals surface area contributed by atoms with Crippen molar-refractivity contribution in [2.24, 2.45) is 0 Å². The molecule has 0 saturated heterocycles. The van der Waals surface area contributed by atoms with Crippen molar-refractivity contribution in [3.63, 3.8) is 0 Å². The summed E-state index contributed by atoms with van der Waals surface area (Å²) < 4.78 is 5.42. The minimum atomic E-state index is -0.905. The molecule has 0 heterocycles. The number of carboxylic acid groups (broad SMARTS) is 2. The zero-order valence-corrected chi connectivity index (χ0v) is 57.7. The number of hydrogen-bond donors (Lipinski definition) is 0. The molecule has 6 nitrogen and oxygen atoms in total. The van der Waals surface area contributed by atoms with E-state index in [1.165, 1.54) is 295 Å². The Morgan fingerprint density at radius 3 is 0.689 bits per heavy atom. The van der Waals surface area contributed by atoms with Crippen LogP contribution in [0.25, 0.3) is 0 Å². The van der Waals surface area contributed by atoms with E-state index in [4.69, 9.17) is 4.74 Å². The van der Waals surface area contributed by atoms with Crippen molar-refractivity contribution in [3.05, 3.63) is 12.2 Å². The van der Waals surface area contributed by atoms with E-state index < -0.39 is 11.9 Å². The number of ether oxygens (including phenoxy) is 1. The normalized spacial score (nSPS) is 10.8. The average molecular weight is 1100 g/mol. The van der Waals surface area contributed by atoms with Crippen LogP contribution in [0.2, 0.25) is 0 Å². The molecule has 0 saturated carbocycles. The maximum Gasteiger partial charge on any atom is 1.00 e. The number of carbonyl (C=O) groups is 3. The van der Waals surface area contributed by atoms with Crippen LogP contribution >= 0.6 is 0 Å². The summed E-state index contributed by atoms with van der Waals surface area (Å²) in [7, 11) is 0. The molecule has 8 heteroatoms. The number of hydrogen-bond acceptors (Lipinski definition) is 6. The minimum Gasteiger partial charge on any atom is -0.550 e. The maximum atomic E-state index is 11.9. The molecule has 0 unspecified atom stereocenters. The van der Waals surface area contributed by atoms with Gasteiger partial charge < -0.3 is 24.5 Å². The zero-order valence-electron chi connectivity index (χ0n) is 51.4. The Kier molecular flexibility index (Phi) is 92.1. The van der Waals surface area contributed by atoms with Crippen molar-refractivity contribution in [1.82, 2.24) is 0 Å². The van der Waals surface area contributed by atoms with Crippen molar-refractivity contribution in [2.45, 2.75) is 387 Å². The van der Waals surface area contributed by atoms with E-state index in [2.05, 4.69) is 39.8 Å². The number of allylic oxidation sites excluding steroid dienone is 2.